The minimum atomic E-state index is -1.21. The van der Waals surface area contributed by atoms with Crippen LogP contribution in [0, 0.1) is 0 Å². The summed E-state index contributed by atoms with van der Waals surface area (Å²) in [5.74, 6) is -1.11. The Morgan fingerprint density at radius 1 is 1.15 bits per heavy atom. The quantitative estimate of drug-likeness (QED) is 0.605. The van der Waals surface area contributed by atoms with Crippen molar-refractivity contribution in [3.05, 3.63) is 57.6 Å². The van der Waals surface area contributed by atoms with Crippen molar-refractivity contribution in [2.24, 2.45) is 0 Å². The molecule has 0 aliphatic carbocycles. The number of aromatic carboxylic acids is 1. The van der Waals surface area contributed by atoms with Crippen LogP contribution in [0.5, 0.6) is 5.75 Å². The molecular formula is C18H16Cl2N2O4S. The number of hydrogen-bond acceptors (Lipinski definition) is 4. The Balaban J connectivity index is 2.11. The molecule has 6 nitrogen and oxygen atoms in total. The fourth-order valence-corrected chi connectivity index (χ4v) is 2.83. The molecule has 2 aromatic rings. The second-order valence-corrected chi connectivity index (χ2v) is 6.94. The molecule has 0 radical (unpaired) electrons. The summed E-state index contributed by atoms with van der Waals surface area (Å²) in [6.45, 7) is 3.76. The van der Waals surface area contributed by atoms with Crippen molar-refractivity contribution in [2.75, 3.05) is 5.32 Å². The van der Waals surface area contributed by atoms with Crippen LogP contribution in [-0.2, 0) is 0 Å². The highest BCUT2D eigenvalue weighted by Gasteiger charge is 2.15. The Hall–Kier alpha value is -2.35. The van der Waals surface area contributed by atoms with Crippen LogP contribution in [0.1, 0.15) is 34.6 Å². The Labute approximate surface area is 171 Å². The van der Waals surface area contributed by atoms with Gasteiger partial charge >= 0.3 is 5.97 Å². The number of ether oxygens (including phenoxy) is 1. The number of carbonyl (C=O) groups excluding carboxylic acids is 1. The Morgan fingerprint density at radius 2 is 1.85 bits per heavy atom. The van der Waals surface area contributed by atoms with Crippen LogP contribution in [0.15, 0.2) is 36.4 Å². The number of halogens is 2. The standard InChI is InChI=1S/C18H16Cl2N2O4S/c1-9(2)26-11-5-3-4-10(6-11)16(23)22-18(27)21-15-7-12(17(24)25)13(19)8-14(15)20/h3-9H,1-2H3,(H,24,25)(H2,21,22,23,27). The van der Waals surface area contributed by atoms with Gasteiger partial charge in [-0.25, -0.2) is 4.79 Å². The SMILES string of the molecule is CC(C)Oc1cccc(C(=O)NC(=S)Nc2cc(C(=O)O)c(Cl)cc2Cl)c1. The summed E-state index contributed by atoms with van der Waals surface area (Å²) in [4.78, 5) is 23.5. The maximum Gasteiger partial charge on any atom is 0.337 e. The van der Waals surface area contributed by atoms with Gasteiger partial charge in [0.2, 0.25) is 0 Å². The number of carbonyl (C=O) groups is 2. The van der Waals surface area contributed by atoms with Gasteiger partial charge in [-0.1, -0.05) is 29.3 Å². The Kier molecular flexibility index (Phi) is 7.01. The summed E-state index contributed by atoms with van der Waals surface area (Å²) in [7, 11) is 0. The van der Waals surface area contributed by atoms with Crippen molar-refractivity contribution in [2.45, 2.75) is 20.0 Å². The highest BCUT2D eigenvalue weighted by molar-refractivity contribution is 7.80. The first-order valence-electron chi connectivity index (χ1n) is 7.78. The van der Waals surface area contributed by atoms with Crippen molar-refractivity contribution < 1.29 is 19.4 Å². The normalized spacial score (nSPS) is 10.4. The van der Waals surface area contributed by atoms with Gasteiger partial charge in [0, 0.05) is 5.56 Å². The van der Waals surface area contributed by atoms with Gasteiger partial charge in [0.05, 0.1) is 27.4 Å². The molecule has 3 N–H and O–H groups in total. The highest BCUT2D eigenvalue weighted by Crippen LogP contribution is 2.29. The largest absolute Gasteiger partial charge is 0.491 e. The number of benzene rings is 2. The van der Waals surface area contributed by atoms with E-state index in [1.807, 2.05) is 13.8 Å². The van der Waals surface area contributed by atoms with E-state index < -0.39 is 11.9 Å². The maximum absolute atomic E-state index is 12.4. The van der Waals surface area contributed by atoms with Gasteiger partial charge in [-0.2, -0.15) is 0 Å². The fourth-order valence-electron chi connectivity index (χ4n) is 2.12. The summed E-state index contributed by atoms with van der Waals surface area (Å²) in [6, 6.07) is 9.17. The minimum absolute atomic E-state index is 0.00466. The third-order valence-corrected chi connectivity index (χ3v) is 4.06. The predicted molar refractivity (Wildman–Crippen MR) is 109 cm³/mol. The molecule has 0 fully saturated rings. The second kappa shape index (κ2) is 9.03. The number of anilines is 1. The molecule has 27 heavy (non-hydrogen) atoms. The van der Waals surface area contributed by atoms with Crippen LogP contribution in [0.2, 0.25) is 10.0 Å². The molecule has 1 amide bonds. The molecule has 9 heteroatoms. The van der Waals surface area contributed by atoms with E-state index in [0.717, 1.165) is 0 Å². The monoisotopic (exact) mass is 426 g/mol. The zero-order valence-corrected chi connectivity index (χ0v) is 16.7. The molecular weight excluding hydrogens is 411 g/mol. The predicted octanol–water partition coefficient (Wildman–Crippen LogP) is 4.61. The van der Waals surface area contributed by atoms with Crippen LogP contribution < -0.4 is 15.4 Å². The van der Waals surface area contributed by atoms with Crippen LogP contribution in [0.3, 0.4) is 0 Å². The van der Waals surface area contributed by atoms with E-state index in [-0.39, 0.29) is 32.5 Å². The molecule has 2 rings (SSSR count). The lowest BCUT2D eigenvalue weighted by molar-refractivity contribution is 0.0697. The van der Waals surface area contributed by atoms with E-state index in [4.69, 9.17) is 45.3 Å². The van der Waals surface area contributed by atoms with Gasteiger partial charge in [-0.3, -0.25) is 10.1 Å². The molecule has 0 heterocycles. The van der Waals surface area contributed by atoms with Crippen LogP contribution >= 0.6 is 35.4 Å². The summed E-state index contributed by atoms with van der Waals surface area (Å²) in [5, 5.41) is 14.4. The van der Waals surface area contributed by atoms with Crippen molar-refractivity contribution in [1.82, 2.24) is 5.32 Å². The van der Waals surface area contributed by atoms with Crippen molar-refractivity contribution in [1.29, 1.82) is 0 Å². The average Bonchev–Trinajstić information content (AvgIpc) is 2.56. The van der Waals surface area contributed by atoms with Gasteiger partial charge in [-0.05, 0) is 56.4 Å². The number of hydrogen-bond donors (Lipinski definition) is 3. The lowest BCUT2D eigenvalue weighted by atomic mass is 10.2. The third-order valence-electron chi connectivity index (χ3n) is 3.23. The smallest absolute Gasteiger partial charge is 0.337 e. The number of carboxylic acid groups (broad SMARTS) is 1. The van der Waals surface area contributed by atoms with Gasteiger partial charge in [0.1, 0.15) is 5.75 Å². The summed E-state index contributed by atoms with van der Waals surface area (Å²) in [5.41, 5.74) is 0.419. The van der Waals surface area contributed by atoms with E-state index in [1.165, 1.54) is 12.1 Å². The molecule has 0 aliphatic rings. The van der Waals surface area contributed by atoms with E-state index in [1.54, 1.807) is 24.3 Å². The highest BCUT2D eigenvalue weighted by atomic mass is 35.5. The Morgan fingerprint density at radius 3 is 2.48 bits per heavy atom. The number of thiocarbonyl (C=S) groups is 1. The lowest BCUT2D eigenvalue weighted by Gasteiger charge is -2.13. The first-order chi connectivity index (χ1) is 12.7. The molecule has 0 bridgehead atoms. The molecule has 142 valence electrons. The van der Waals surface area contributed by atoms with Crippen molar-refractivity contribution in [3.63, 3.8) is 0 Å². The first-order valence-corrected chi connectivity index (χ1v) is 8.95. The molecule has 0 spiro atoms. The first kappa shape index (κ1) is 21.0. The molecule has 0 saturated carbocycles. The summed E-state index contributed by atoms with van der Waals surface area (Å²) in [6.07, 6.45) is -0.0264. The number of carboxylic acids is 1. The van der Waals surface area contributed by atoms with E-state index in [0.29, 0.717) is 11.3 Å². The molecule has 2 aromatic carbocycles. The van der Waals surface area contributed by atoms with Crippen molar-refractivity contribution >= 4 is 58.1 Å². The fraction of sp³-hybridized carbons (Fsp3) is 0.167. The maximum atomic E-state index is 12.4. The lowest BCUT2D eigenvalue weighted by Crippen LogP contribution is -2.34. The molecule has 0 aliphatic heterocycles. The number of amides is 1. The van der Waals surface area contributed by atoms with Crippen LogP contribution in [-0.4, -0.2) is 28.2 Å². The minimum Gasteiger partial charge on any atom is -0.491 e. The summed E-state index contributed by atoms with van der Waals surface area (Å²) < 4.78 is 5.55. The van der Waals surface area contributed by atoms with Gasteiger partial charge in [-0.15, -0.1) is 0 Å². The second-order valence-electron chi connectivity index (χ2n) is 5.72. The van der Waals surface area contributed by atoms with Crippen LogP contribution in [0.4, 0.5) is 5.69 Å². The summed E-state index contributed by atoms with van der Waals surface area (Å²) >= 11 is 17.0. The Bertz CT molecular complexity index is 903. The molecule has 0 atom stereocenters. The van der Waals surface area contributed by atoms with E-state index >= 15 is 0 Å². The van der Waals surface area contributed by atoms with Gasteiger partial charge in [0.15, 0.2) is 5.11 Å². The average molecular weight is 427 g/mol. The number of nitrogens with one attached hydrogen (secondary N) is 2. The third kappa shape index (κ3) is 5.82. The number of rotatable bonds is 5. The molecule has 0 unspecified atom stereocenters. The van der Waals surface area contributed by atoms with E-state index in [9.17, 15) is 9.59 Å². The molecule has 0 saturated heterocycles. The van der Waals surface area contributed by atoms with Gasteiger partial charge in [0.25, 0.3) is 5.91 Å². The van der Waals surface area contributed by atoms with Gasteiger partial charge < -0.3 is 15.2 Å². The van der Waals surface area contributed by atoms with Crippen LogP contribution in [0.25, 0.3) is 0 Å². The zero-order chi connectivity index (χ0) is 20.1. The zero-order valence-electron chi connectivity index (χ0n) is 14.4. The van der Waals surface area contributed by atoms with Crippen molar-refractivity contribution in [3.8, 4) is 5.75 Å². The topological polar surface area (TPSA) is 87.7 Å². The molecule has 0 aromatic heterocycles. The van der Waals surface area contributed by atoms with E-state index in [2.05, 4.69) is 10.6 Å².